The van der Waals surface area contributed by atoms with Crippen molar-refractivity contribution in [2.75, 3.05) is 11.9 Å². The van der Waals surface area contributed by atoms with E-state index >= 15 is 0 Å². The lowest BCUT2D eigenvalue weighted by Gasteiger charge is -2.21. The highest BCUT2D eigenvalue weighted by Crippen LogP contribution is 2.10. The molecule has 1 aromatic carbocycles. The van der Waals surface area contributed by atoms with Crippen LogP contribution in [0.1, 0.15) is 16.2 Å². The van der Waals surface area contributed by atoms with Gasteiger partial charge >= 0.3 is 0 Å². The van der Waals surface area contributed by atoms with Crippen LogP contribution in [0.25, 0.3) is 0 Å². The van der Waals surface area contributed by atoms with Crippen molar-refractivity contribution >= 4 is 17.5 Å². The number of aromatic nitrogens is 2. The number of para-hydroxylation sites is 1. The van der Waals surface area contributed by atoms with Gasteiger partial charge in [-0.3, -0.25) is 14.4 Å². The number of hydrogen-bond acceptors (Lipinski definition) is 5. The molecule has 0 radical (unpaired) electrons. The van der Waals surface area contributed by atoms with E-state index in [0.29, 0.717) is 11.4 Å². The van der Waals surface area contributed by atoms with Gasteiger partial charge in [-0.25, -0.2) is 4.68 Å². The predicted octanol–water partition coefficient (Wildman–Crippen LogP) is 1.65. The number of carbonyl (C=O) groups excluding carboxylic acids is 2. The summed E-state index contributed by atoms with van der Waals surface area (Å²) in [7, 11) is 1.46. The number of benzene rings is 1. The van der Waals surface area contributed by atoms with Crippen LogP contribution in [0.3, 0.4) is 0 Å². The topological polar surface area (TPSA) is 97.4 Å². The fourth-order valence-corrected chi connectivity index (χ4v) is 2.46. The van der Waals surface area contributed by atoms with E-state index in [1.807, 2.05) is 6.07 Å². The molecule has 0 aliphatic heterocycles. The number of nitrogens with zero attached hydrogens (tertiary/aromatic N) is 3. The Bertz CT molecular complexity index is 980. The summed E-state index contributed by atoms with van der Waals surface area (Å²) in [5, 5.41) is 6.70. The van der Waals surface area contributed by atoms with Gasteiger partial charge in [-0.15, -0.1) is 0 Å². The molecule has 27 heavy (non-hydrogen) atoms. The molecule has 0 fully saturated rings. The van der Waals surface area contributed by atoms with E-state index in [0.717, 1.165) is 4.68 Å². The quantitative estimate of drug-likeness (QED) is 0.715. The van der Waals surface area contributed by atoms with Gasteiger partial charge in [0.05, 0.1) is 12.8 Å². The van der Waals surface area contributed by atoms with Crippen molar-refractivity contribution in [1.82, 2.24) is 14.7 Å². The van der Waals surface area contributed by atoms with E-state index in [1.165, 1.54) is 30.3 Å². The summed E-state index contributed by atoms with van der Waals surface area (Å²) >= 11 is 0. The molecule has 0 atom stereocenters. The number of aryl methyl sites for hydroxylation is 1. The Morgan fingerprint density at radius 1 is 1.11 bits per heavy atom. The number of carbonyl (C=O) groups is 2. The van der Waals surface area contributed by atoms with Crippen LogP contribution >= 0.6 is 0 Å². The van der Waals surface area contributed by atoms with Crippen LogP contribution < -0.4 is 10.9 Å². The third-order valence-electron chi connectivity index (χ3n) is 3.79. The van der Waals surface area contributed by atoms with Crippen molar-refractivity contribution < 1.29 is 14.0 Å². The van der Waals surface area contributed by atoms with Crippen LogP contribution in [0.15, 0.2) is 70.1 Å². The summed E-state index contributed by atoms with van der Waals surface area (Å²) in [5.74, 6) is -0.309. The number of amides is 2. The summed E-state index contributed by atoms with van der Waals surface area (Å²) < 4.78 is 6.36. The fraction of sp³-hybridized carbons (Fsp3) is 0.158. The molecule has 1 N–H and O–H groups in total. The SMILES string of the molecule is Cn1nc(C(=O)N(CC(=O)Nc2ccccc2)Cc2ccco2)ccc1=O. The van der Waals surface area contributed by atoms with Crippen molar-refractivity contribution in [2.45, 2.75) is 6.54 Å². The van der Waals surface area contributed by atoms with Crippen LogP contribution in [0.2, 0.25) is 0 Å². The maximum atomic E-state index is 12.8. The Hall–Kier alpha value is -3.68. The molecule has 0 saturated carbocycles. The number of anilines is 1. The minimum atomic E-state index is -0.481. The van der Waals surface area contributed by atoms with Crippen LogP contribution in [0.4, 0.5) is 5.69 Å². The molecule has 138 valence electrons. The van der Waals surface area contributed by atoms with Gasteiger partial charge in [0, 0.05) is 18.8 Å². The first-order valence-electron chi connectivity index (χ1n) is 8.24. The molecule has 3 aromatic rings. The highest BCUT2D eigenvalue weighted by molar-refractivity contribution is 5.98. The molecule has 0 bridgehead atoms. The van der Waals surface area contributed by atoms with Gasteiger partial charge in [-0.05, 0) is 30.3 Å². The summed E-state index contributed by atoms with van der Waals surface area (Å²) in [4.78, 5) is 38.1. The van der Waals surface area contributed by atoms with Crippen molar-refractivity contribution in [2.24, 2.45) is 7.05 Å². The molecule has 0 spiro atoms. The molecule has 2 heterocycles. The average Bonchev–Trinajstić information content (AvgIpc) is 3.17. The average molecular weight is 366 g/mol. The van der Waals surface area contributed by atoms with Gasteiger partial charge < -0.3 is 14.6 Å². The number of rotatable bonds is 6. The van der Waals surface area contributed by atoms with Crippen LogP contribution in [0, 0.1) is 0 Å². The normalized spacial score (nSPS) is 10.4. The molecular weight excluding hydrogens is 348 g/mol. The fourth-order valence-electron chi connectivity index (χ4n) is 2.46. The Kier molecular flexibility index (Phi) is 5.46. The van der Waals surface area contributed by atoms with Gasteiger partial charge in [0.2, 0.25) is 5.91 Å². The van der Waals surface area contributed by atoms with Crippen molar-refractivity contribution in [3.8, 4) is 0 Å². The molecule has 2 aromatic heterocycles. The second-order valence-corrected chi connectivity index (χ2v) is 5.84. The Labute approximate surface area is 155 Å². The van der Waals surface area contributed by atoms with Crippen LogP contribution in [-0.4, -0.2) is 33.0 Å². The van der Waals surface area contributed by atoms with Gasteiger partial charge in [0.15, 0.2) is 0 Å². The van der Waals surface area contributed by atoms with Crippen molar-refractivity contribution in [3.05, 3.63) is 82.7 Å². The van der Waals surface area contributed by atoms with Crippen LogP contribution in [0.5, 0.6) is 0 Å². The van der Waals surface area contributed by atoms with Crippen LogP contribution in [-0.2, 0) is 18.4 Å². The highest BCUT2D eigenvalue weighted by atomic mass is 16.3. The first-order chi connectivity index (χ1) is 13.0. The summed E-state index contributed by atoms with van der Waals surface area (Å²) in [6.45, 7) is -0.0997. The third kappa shape index (κ3) is 4.69. The van der Waals surface area contributed by atoms with Crippen molar-refractivity contribution in [3.63, 3.8) is 0 Å². The monoisotopic (exact) mass is 366 g/mol. The molecule has 0 aliphatic rings. The lowest BCUT2D eigenvalue weighted by Crippen LogP contribution is -2.38. The maximum Gasteiger partial charge on any atom is 0.275 e. The van der Waals surface area contributed by atoms with E-state index in [1.54, 1.807) is 36.4 Å². The molecule has 3 rings (SSSR count). The van der Waals surface area contributed by atoms with Gasteiger partial charge in [0.1, 0.15) is 18.0 Å². The smallest absolute Gasteiger partial charge is 0.275 e. The second-order valence-electron chi connectivity index (χ2n) is 5.84. The van der Waals surface area contributed by atoms with Gasteiger partial charge in [-0.1, -0.05) is 18.2 Å². The summed E-state index contributed by atoms with van der Waals surface area (Å²) in [6, 6.07) is 15.0. The largest absolute Gasteiger partial charge is 0.467 e. The van der Waals surface area contributed by atoms with Gasteiger partial charge in [0.25, 0.3) is 11.5 Å². The minimum Gasteiger partial charge on any atom is -0.467 e. The summed E-state index contributed by atoms with van der Waals surface area (Å²) in [5.41, 5.74) is 0.371. The second kappa shape index (κ2) is 8.13. The molecule has 0 aliphatic carbocycles. The van der Waals surface area contributed by atoms with Crippen molar-refractivity contribution in [1.29, 1.82) is 0 Å². The number of hydrogen-bond donors (Lipinski definition) is 1. The number of furan rings is 1. The highest BCUT2D eigenvalue weighted by Gasteiger charge is 2.22. The van der Waals surface area contributed by atoms with E-state index in [-0.39, 0.29) is 30.2 Å². The van der Waals surface area contributed by atoms with E-state index in [9.17, 15) is 14.4 Å². The Morgan fingerprint density at radius 2 is 1.89 bits per heavy atom. The first kappa shape index (κ1) is 18.1. The lowest BCUT2D eigenvalue weighted by molar-refractivity contribution is -0.117. The summed E-state index contributed by atoms with van der Waals surface area (Å²) in [6.07, 6.45) is 1.49. The molecule has 8 nitrogen and oxygen atoms in total. The lowest BCUT2D eigenvalue weighted by atomic mass is 10.3. The Morgan fingerprint density at radius 3 is 2.56 bits per heavy atom. The molecule has 0 saturated heterocycles. The molecule has 2 amide bonds. The molecule has 8 heteroatoms. The van der Waals surface area contributed by atoms with Gasteiger partial charge in [-0.2, -0.15) is 5.10 Å². The first-order valence-corrected chi connectivity index (χ1v) is 8.24. The Balaban J connectivity index is 1.79. The van der Waals surface area contributed by atoms with E-state index in [4.69, 9.17) is 4.42 Å². The zero-order chi connectivity index (χ0) is 19.2. The van der Waals surface area contributed by atoms with E-state index < -0.39 is 5.91 Å². The zero-order valence-electron chi connectivity index (χ0n) is 14.7. The molecular formula is C19H18N4O4. The maximum absolute atomic E-state index is 12.8. The molecule has 0 unspecified atom stereocenters. The third-order valence-corrected chi connectivity index (χ3v) is 3.79. The predicted molar refractivity (Wildman–Crippen MR) is 98.0 cm³/mol. The standard InChI is InChI=1S/C19H18N4O4/c1-22-18(25)10-9-16(21-22)19(26)23(12-15-8-5-11-27-15)13-17(24)20-14-6-3-2-4-7-14/h2-11H,12-13H2,1H3,(H,20,24). The minimum absolute atomic E-state index is 0.0659. The zero-order valence-corrected chi connectivity index (χ0v) is 14.7. The number of nitrogens with one attached hydrogen (secondary N) is 1. The van der Waals surface area contributed by atoms with E-state index in [2.05, 4.69) is 10.4 Å².